The molecule has 4 N–H and O–H groups in total. The smallest absolute Gasteiger partial charge is 0.326 e. The summed E-state index contributed by atoms with van der Waals surface area (Å²) < 4.78 is 1.71. The number of amides is 1. The number of nitrogens with zero attached hydrogens (tertiary/aromatic N) is 2. The van der Waals surface area contributed by atoms with E-state index in [1.165, 1.54) is 0 Å². The zero-order valence-corrected chi connectivity index (χ0v) is 12.8. The lowest BCUT2D eigenvalue weighted by molar-refractivity contribution is -0.142. The number of carboxylic acids is 1. The van der Waals surface area contributed by atoms with Gasteiger partial charge in [0.05, 0.1) is 12.4 Å². The van der Waals surface area contributed by atoms with E-state index in [1.807, 2.05) is 30.3 Å². The second-order valence-electron chi connectivity index (χ2n) is 5.40. The van der Waals surface area contributed by atoms with Gasteiger partial charge in [0.25, 0.3) is 0 Å². The van der Waals surface area contributed by atoms with Gasteiger partial charge in [0.1, 0.15) is 6.04 Å². The molecule has 1 aromatic heterocycles. The van der Waals surface area contributed by atoms with E-state index < -0.39 is 24.0 Å². The van der Waals surface area contributed by atoms with Gasteiger partial charge in [-0.25, -0.2) is 9.78 Å². The normalized spacial score (nSPS) is 13.3. The Morgan fingerprint density at radius 1 is 1.30 bits per heavy atom. The van der Waals surface area contributed by atoms with E-state index in [1.54, 1.807) is 24.1 Å². The minimum absolute atomic E-state index is 0.148. The molecule has 0 aliphatic heterocycles. The number of nitrogens with two attached hydrogens (primary N) is 1. The van der Waals surface area contributed by atoms with Crippen LogP contribution in [0.2, 0.25) is 0 Å². The quantitative estimate of drug-likeness (QED) is 0.671. The Morgan fingerprint density at radius 3 is 2.57 bits per heavy atom. The maximum Gasteiger partial charge on any atom is 0.326 e. The maximum absolute atomic E-state index is 12.2. The van der Waals surface area contributed by atoms with Gasteiger partial charge in [0.2, 0.25) is 5.91 Å². The zero-order chi connectivity index (χ0) is 16.8. The standard InChI is InChI=1S/C16H20N4O3/c1-20-10-18-9-12(20)8-14(16(22)23)19-15(21)13(17)7-11-5-3-2-4-6-11/h2-6,9-10,13-14H,7-8,17H2,1H3,(H,19,21)(H,22,23)/t13-,14-/m0/s1. The molecule has 2 aromatic rings. The Bertz CT molecular complexity index is 669. The summed E-state index contributed by atoms with van der Waals surface area (Å²) in [6.45, 7) is 0. The van der Waals surface area contributed by atoms with Crippen molar-refractivity contribution in [1.29, 1.82) is 0 Å². The Hall–Kier alpha value is -2.67. The van der Waals surface area contributed by atoms with Crippen LogP contribution in [-0.2, 0) is 29.5 Å². The van der Waals surface area contributed by atoms with Crippen LogP contribution in [0.25, 0.3) is 0 Å². The predicted molar refractivity (Wildman–Crippen MR) is 84.6 cm³/mol. The summed E-state index contributed by atoms with van der Waals surface area (Å²) in [7, 11) is 1.77. The highest BCUT2D eigenvalue weighted by Crippen LogP contribution is 2.05. The second-order valence-corrected chi connectivity index (χ2v) is 5.40. The molecule has 2 atom stereocenters. The Balaban J connectivity index is 1.97. The Labute approximate surface area is 134 Å². The number of nitrogens with one attached hydrogen (secondary N) is 1. The molecule has 0 unspecified atom stereocenters. The van der Waals surface area contributed by atoms with Gasteiger partial charge in [-0.1, -0.05) is 30.3 Å². The fourth-order valence-electron chi connectivity index (χ4n) is 2.23. The van der Waals surface area contributed by atoms with Gasteiger partial charge in [-0.15, -0.1) is 0 Å². The molecule has 7 nitrogen and oxygen atoms in total. The molecule has 0 spiro atoms. The van der Waals surface area contributed by atoms with E-state index in [2.05, 4.69) is 10.3 Å². The third-order valence-electron chi connectivity index (χ3n) is 3.58. The number of carbonyl (C=O) groups excluding carboxylic acids is 1. The highest BCUT2D eigenvalue weighted by molar-refractivity contribution is 5.87. The van der Waals surface area contributed by atoms with Gasteiger partial charge in [-0.3, -0.25) is 4.79 Å². The summed E-state index contributed by atoms with van der Waals surface area (Å²) in [4.78, 5) is 27.5. The lowest BCUT2D eigenvalue weighted by Crippen LogP contribution is -2.50. The molecule has 122 valence electrons. The monoisotopic (exact) mass is 316 g/mol. The van der Waals surface area contributed by atoms with Crippen LogP contribution in [0.1, 0.15) is 11.3 Å². The van der Waals surface area contributed by atoms with Crippen LogP contribution in [0.3, 0.4) is 0 Å². The topological polar surface area (TPSA) is 110 Å². The molecule has 2 rings (SSSR count). The van der Waals surface area contributed by atoms with Crippen LogP contribution in [0.4, 0.5) is 0 Å². The first-order valence-electron chi connectivity index (χ1n) is 7.25. The van der Waals surface area contributed by atoms with Crippen LogP contribution in [0.15, 0.2) is 42.9 Å². The minimum Gasteiger partial charge on any atom is -0.480 e. The molecule has 0 radical (unpaired) electrons. The third kappa shape index (κ3) is 4.65. The van der Waals surface area contributed by atoms with Crippen molar-refractivity contribution in [2.75, 3.05) is 0 Å². The minimum atomic E-state index is -1.11. The van der Waals surface area contributed by atoms with Gasteiger partial charge in [-0.05, 0) is 12.0 Å². The third-order valence-corrected chi connectivity index (χ3v) is 3.58. The fraction of sp³-hybridized carbons (Fsp3) is 0.312. The molecule has 0 saturated heterocycles. The van der Waals surface area contributed by atoms with Gasteiger partial charge in [0.15, 0.2) is 0 Å². The number of carbonyl (C=O) groups is 2. The number of carboxylic acid groups (broad SMARTS) is 1. The molecule has 0 aliphatic rings. The summed E-state index contributed by atoms with van der Waals surface area (Å²) >= 11 is 0. The molecule has 1 amide bonds. The first-order chi connectivity index (χ1) is 11.0. The van der Waals surface area contributed by atoms with E-state index in [0.29, 0.717) is 12.1 Å². The summed E-state index contributed by atoms with van der Waals surface area (Å²) in [6, 6.07) is 7.51. The van der Waals surface area contributed by atoms with Crippen LogP contribution in [0, 0.1) is 0 Å². The fourth-order valence-corrected chi connectivity index (χ4v) is 2.23. The van der Waals surface area contributed by atoms with Crippen LogP contribution >= 0.6 is 0 Å². The van der Waals surface area contributed by atoms with Gasteiger partial charge < -0.3 is 20.7 Å². The number of aryl methyl sites for hydroxylation is 1. The average Bonchev–Trinajstić information content (AvgIpc) is 2.92. The Morgan fingerprint density at radius 2 is 2.00 bits per heavy atom. The molecule has 0 fully saturated rings. The van der Waals surface area contributed by atoms with E-state index in [4.69, 9.17) is 5.73 Å². The van der Waals surface area contributed by atoms with Crippen molar-refractivity contribution in [2.45, 2.75) is 24.9 Å². The molecule has 0 saturated carbocycles. The average molecular weight is 316 g/mol. The van der Waals surface area contributed by atoms with Crippen molar-refractivity contribution in [1.82, 2.24) is 14.9 Å². The maximum atomic E-state index is 12.2. The molecule has 0 bridgehead atoms. The number of aliphatic carboxylic acids is 1. The first kappa shape index (κ1) is 16.7. The summed E-state index contributed by atoms with van der Waals surface area (Å²) in [5, 5.41) is 11.8. The van der Waals surface area contributed by atoms with E-state index >= 15 is 0 Å². The van der Waals surface area contributed by atoms with Gasteiger partial charge in [-0.2, -0.15) is 0 Å². The molecule has 1 heterocycles. The van der Waals surface area contributed by atoms with E-state index in [9.17, 15) is 14.7 Å². The molecule has 7 heteroatoms. The van der Waals surface area contributed by atoms with Crippen molar-refractivity contribution >= 4 is 11.9 Å². The van der Waals surface area contributed by atoms with Crippen LogP contribution in [0.5, 0.6) is 0 Å². The highest BCUT2D eigenvalue weighted by atomic mass is 16.4. The molecule has 23 heavy (non-hydrogen) atoms. The van der Waals surface area contributed by atoms with Crippen molar-refractivity contribution in [2.24, 2.45) is 12.8 Å². The molecule has 1 aromatic carbocycles. The highest BCUT2D eigenvalue weighted by Gasteiger charge is 2.24. The van der Waals surface area contributed by atoms with Gasteiger partial charge in [0, 0.05) is 25.4 Å². The molecular weight excluding hydrogens is 296 g/mol. The van der Waals surface area contributed by atoms with Crippen LogP contribution in [-0.4, -0.2) is 38.6 Å². The second kappa shape index (κ2) is 7.55. The number of hydrogen-bond donors (Lipinski definition) is 3. The largest absolute Gasteiger partial charge is 0.480 e. The number of hydrogen-bond acceptors (Lipinski definition) is 4. The number of rotatable bonds is 7. The van der Waals surface area contributed by atoms with Crippen molar-refractivity contribution in [3.8, 4) is 0 Å². The van der Waals surface area contributed by atoms with Gasteiger partial charge >= 0.3 is 5.97 Å². The SMILES string of the molecule is Cn1cncc1C[C@H](NC(=O)[C@@H](N)Cc1ccccc1)C(=O)O. The molecular formula is C16H20N4O3. The van der Waals surface area contributed by atoms with Crippen LogP contribution < -0.4 is 11.1 Å². The lowest BCUT2D eigenvalue weighted by atomic mass is 10.1. The lowest BCUT2D eigenvalue weighted by Gasteiger charge is -2.18. The summed E-state index contributed by atoms with van der Waals surface area (Å²) in [5.74, 6) is -1.59. The summed E-state index contributed by atoms with van der Waals surface area (Å²) in [5.41, 5.74) is 7.52. The molecule has 0 aliphatic carbocycles. The van der Waals surface area contributed by atoms with E-state index in [-0.39, 0.29) is 6.42 Å². The van der Waals surface area contributed by atoms with E-state index in [0.717, 1.165) is 5.56 Å². The Kier molecular flexibility index (Phi) is 5.48. The predicted octanol–water partition coefficient (Wildman–Crippen LogP) is 0.102. The number of imidazole rings is 1. The van der Waals surface area contributed by atoms with Crippen molar-refractivity contribution in [3.63, 3.8) is 0 Å². The number of aromatic nitrogens is 2. The van der Waals surface area contributed by atoms with Crippen molar-refractivity contribution < 1.29 is 14.7 Å². The summed E-state index contributed by atoms with van der Waals surface area (Å²) in [6.07, 6.45) is 3.66. The zero-order valence-electron chi connectivity index (χ0n) is 12.8. The van der Waals surface area contributed by atoms with Crippen molar-refractivity contribution in [3.05, 3.63) is 54.1 Å². The first-order valence-corrected chi connectivity index (χ1v) is 7.25. The number of benzene rings is 1.